The third kappa shape index (κ3) is 5.78. The highest BCUT2D eigenvalue weighted by molar-refractivity contribution is 6.46. The molecule has 2 aromatic carbocycles. The molecule has 1 fully saturated rings. The highest BCUT2D eigenvalue weighted by Gasteiger charge is 2.45. The summed E-state index contributed by atoms with van der Waals surface area (Å²) in [7, 11) is 0. The number of nitrogens with zero attached hydrogens (tertiary/aromatic N) is 1. The normalized spacial score (nSPS) is 17.4. The van der Waals surface area contributed by atoms with Crippen LogP contribution in [0.2, 0.25) is 0 Å². The number of aliphatic hydroxyl groups is 2. The van der Waals surface area contributed by atoms with Crippen molar-refractivity contribution in [3.05, 3.63) is 65.2 Å². The predicted octanol–water partition coefficient (Wildman–Crippen LogP) is 4.31. The Morgan fingerprint density at radius 1 is 1.06 bits per heavy atom. The Hall–Kier alpha value is -3.32. The van der Waals surface area contributed by atoms with Crippen molar-refractivity contribution in [2.45, 2.75) is 39.7 Å². The Bertz CT molecular complexity index is 1030. The first-order valence-corrected chi connectivity index (χ1v) is 11.7. The van der Waals surface area contributed by atoms with E-state index < -0.39 is 17.7 Å². The summed E-state index contributed by atoms with van der Waals surface area (Å²) in [6.07, 6.45) is 1.58. The first kappa shape index (κ1) is 25.3. The van der Waals surface area contributed by atoms with E-state index in [1.54, 1.807) is 48.5 Å². The maximum Gasteiger partial charge on any atom is 0.295 e. The van der Waals surface area contributed by atoms with E-state index >= 15 is 0 Å². The van der Waals surface area contributed by atoms with Crippen molar-refractivity contribution in [1.82, 2.24) is 4.90 Å². The Kier molecular flexibility index (Phi) is 8.71. The van der Waals surface area contributed by atoms with Gasteiger partial charge < -0.3 is 24.6 Å². The van der Waals surface area contributed by atoms with Gasteiger partial charge >= 0.3 is 0 Å². The number of unbranched alkanes of at least 4 members (excludes halogenated alkanes) is 1. The summed E-state index contributed by atoms with van der Waals surface area (Å²) in [5, 5.41) is 20.2. The van der Waals surface area contributed by atoms with E-state index in [-0.39, 0.29) is 24.5 Å². The minimum Gasteiger partial charge on any atom is -0.507 e. The molecule has 0 aliphatic carbocycles. The van der Waals surface area contributed by atoms with Crippen molar-refractivity contribution < 1.29 is 29.3 Å². The number of hydrogen-bond acceptors (Lipinski definition) is 6. The highest BCUT2D eigenvalue weighted by atomic mass is 16.5. The van der Waals surface area contributed by atoms with Gasteiger partial charge in [0.2, 0.25) is 0 Å². The quantitative estimate of drug-likeness (QED) is 0.290. The summed E-state index contributed by atoms with van der Waals surface area (Å²) in [5.74, 6) is 0.000869. The third-order valence-electron chi connectivity index (χ3n) is 5.54. The Balaban J connectivity index is 2.02. The number of ketones is 1. The fraction of sp³-hybridized carbons (Fsp3) is 0.407. The first-order chi connectivity index (χ1) is 16.4. The molecule has 0 spiro atoms. The third-order valence-corrected chi connectivity index (χ3v) is 5.54. The van der Waals surface area contributed by atoms with Crippen molar-refractivity contribution in [2.24, 2.45) is 5.92 Å². The van der Waals surface area contributed by atoms with Gasteiger partial charge in [0, 0.05) is 12.1 Å². The van der Waals surface area contributed by atoms with Gasteiger partial charge in [0.25, 0.3) is 11.7 Å². The number of benzene rings is 2. The van der Waals surface area contributed by atoms with Crippen LogP contribution in [-0.2, 0) is 9.59 Å². The molecular weight excluding hydrogens is 434 g/mol. The molecule has 0 aromatic heterocycles. The van der Waals surface area contributed by atoms with Gasteiger partial charge in [-0.1, -0.05) is 39.3 Å². The minimum absolute atomic E-state index is 0.0521. The average molecular weight is 468 g/mol. The first-order valence-electron chi connectivity index (χ1n) is 11.7. The number of hydrogen-bond donors (Lipinski definition) is 2. The molecule has 2 aromatic rings. The molecule has 2 N–H and O–H groups in total. The molecule has 1 aliphatic rings. The number of carbonyl (C=O) groups excluding carboxylic acids is 2. The number of likely N-dealkylation sites (tertiary alicyclic amines) is 1. The van der Waals surface area contributed by atoms with Crippen LogP contribution in [-0.4, -0.2) is 53.2 Å². The summed E-state index contributed by atoms with van der Waals surface area (Å²) >= 11 is 0. The Labute approximate surface area is 200 Å². The largest absolute Gasteiger partial charge is 0.507 e. The van der Waals surface area contributed by atoms with Crippen molar-refractivity contribution >= 4 is 17.4 Å². The van der Waals surface area contributed by atoms with Crippen LogP contribution >= 0.6 is 0 Å². The van der Waals surface area contributed by atoms with E-state index in [4.69, 9.17) is 14.6 Å². The lowest BCUT2D eigenvalue weighted by molar-refractivity contribution is -0.139. The molecule has 0 saturated carbocycles. The number of rotatable bonds is 11. The molecule has 1 unspecified atom stereocenters. The zero-order valence-corrected chi connectivity index (χ0v) is 20.0. The minimum atomic E-state index is -0.735. The summed E-state index contributed by atoms with van der Waals surface area (Å²) < 4.78 is 11.2. The van der Waals surface area contributed by atoms with E-state index in [0.717, 1.165) is 12.8 Å². The summed E-state index contributed by atoms with van der Waals surface area (Å²) in [4.78, 5) is 27.5. The van der Waals surface area contributed by atoms with Crippen LogP contribution in [0.1, 0.15) is 50.8 Å². The van der Waals surface area contributed by atoms with Crippen LogP contribution in [0.3, 0.4) is 0 Å². The van der Waals surface area contributed by atoms with E-state index in [1.807, 2.05) is 6.92 Å². The summed E-state index contributed by atoms with van der Waals surface area (Å²) in [6, 6.07) is 13.2. The summed E-state index contributed by atoms with van der Waals surface area (Å²) in [6.45, 7) is 7.09. The van der Waals surface area contributed by atoms with Crippen LogP contribution in [0.15, 0.2) is 54.1 Å². The standard InChI is InChI=1S/C27H33NO6/c1-4-5-13-28-24(20-7-6-8-22(16-20)33-15-14-29)23(26(31)27(28)32)25(30)19-9-11-21(12-10-19)34-17-18(2)3/h6-12,16,18,24,29-30H,4-5,13-15,17H2,1-3H3/b25-23-. The van der Waals surface area contributed by atoms with Gasteiger partial charge in [-0.05, 0) is 54.3 Å². The van der Waals surface area contributed by atoms with Gasteiger partial charge in [-0.2, -0.15) is 0 Å². The molecule has 34 heavy (non-hydrogen) atoms. The number of amides is 1. The van der Waals surface area contributed by atoms with Crippen molar-refractivity contribution in [3.8, 4) is 11.5 Å². The van der Waals surface area contributed by atoms with Gasteiger partial charge in [-0.15, -0.1) is 0 Å². The Morgan fingerprint density at radius 2 is 1.79 bits per heavy atom. The number of aliphatic hydroxyl groups excluding tert-OH is 2. The lowest BCUT2D eigenvalue weighted by atomic mass is 9.95. The van der Waals surface area contributed by atoms with Crippen LogP contribution in [0.4, 0.5) is 0 Å². The van der Waals surface area contributed by atoms with Crippen LogP contribution in [0.5, 0.6) is 11.5 Å². The van der Waals surface area contributed by atoms with Gasteiger partial charge in [0.15, 0.2) is 0 Å². The molecule has 0 radical (unpaired) electrons. The van der Waals surface area contributed by atoms with Crippen LogP contribution in [0.25, 0.3) is 5.76 Å². The molecular formula is C27H33NO6. The molecule has 1 amide bonds. The smallest absolute Gasteiger partial charge is 0.295 e. The molecule has 0 bridgehead atoms. The van der Waals surface area contributed by atoms with Crippen molar-refractivity contribution in [2.75, 3.05) is 26.4 Å². The fourth-order valence-electron chi connectivity index (χ4n) is 3.85. The molecule has 3 rings (SSSR count). The van der Waals surface area contributed by atoms with Crippen LogP contribution in [0, 0.1) is 5.92 Å². The lowest BCUT2D eigenvalue weighted by Crippen LogP contribution is -2.30. The molecule has 182 valence electrons. The van der Waals surface area contributed by atoms with E-state index in [1.165, 1.54) is 4.90 Å². The fourth-order valence-corrected chi connectivity index (χ4v) is 3.85. The second kappa shape index (κ2) is 11.7. The summed E-state index contributed by atoms with van der Waals surface area (Å²) in [5.41, 5.74) is 1.14. The Morgan fingerprint density at radius 3 is 2.44 bits per heavy atom. The zero-order chi connectivity index (χ0) is 24.7. The highest BCUT2D eigenvalue weighted by Crippen LogP contribution is 2.40. The van der Waals surface area contributed by atoms with Gasteiger partial charge in [-0.25, -0.2) is 0 Å². The molecule has 7 nitrogen and oxygen atoms in total. The van der Waals surface area contributed by atoms with E-state index in [9.17, 15) is 14.7 Å². The van der Waals surface area contributed by atoms with Gasteiger partial charge in [0.1, 0.15) is 23.9 Å². The monoisotopic (exact) mass is 467 g/mol. The van der Waals surface area contributed by atoms with E-state index in [2.05, 4.69) is 13.8 Å². The van der Waals surface area contributed by atoms with Gasteiger partial charge in [-0.3, -0.25) is 9.59 Å². The molecule has 7 heteroatoms. The predicted molar refractivity (Wildman–Crippen MR) is 130 cm³/mol. The van der Waals surface area contributed by atoms with Crippen molar-refractivity contribution in [1.29, 1.82) is 0 Å². The average Bonchev–Trinajstić information content (AvgIpc) is 3.09. The maximum absolute atomic E-state index is 13.1. The second-order valence-corrected chi connectivity index (χ2v) is 8.72. The molecule has 1 saturated heterocycles. The molecule has 1 aliphatic heterocycles. The maximum atomic E-state index is 13.1. The topological polar surface area (TPSA) is 96.3 Å². The lowest BCUT2D eigenvalue weighted by Gasteiger charge is -2.25. The number of ether oxygens (including phenoxy) is 2. The van der Waals surface area contributed by atoms with Gasteiger partial charge in [0.05, 0.1) is 24.8 Å². The van der Waals surface area contributed by atoms with E-state index in [0.29, 0.717) is 41.7 Å². The molecule has 1 heterocycles. The number of Topliss-reactive ketones (excluding diaryl/α,β-unsaturated/α-hetero) is 1. The SMILES string of the molecule is CCCCN1C(=O)C(=O)/C(=C(\O)c2ccc(OCC(C)C)cc2)C1c1cccc(OCCO)c1. The van der Waals surface area contributed by atoms with Crippen molar-refractivity contribution in [3.63, 3.8) is 0 Å². The second-order valence-electron chi connectivity index (χ2n) is 8.72. The van der Waals surface area contributed by atoms with Crippen LogP contribution < -0.4 is 9.47 Å². The number of carbonyl (C=O) groups is 2. The zero-order valence-electron chi connectivity index (χ0n) is 20.0. The molecule has 1 atom stereocenters.